The Morgan fingerprint density at radius 1 is 1.00 bits per heavy atom. The van der Waals surface area contributed by atoms with E-state index < -0.39 is 11.8 Å². The number of rotatable bonds is 6. The van der Waals surface area contributed by atoms with Crippen molar-refractivity contribution in [3.63, 3.8) is 0 Å². The van der Waals surface area contributed by atoms with E-state index in [1.54, 1.807) is 26.4 Å². The molecule has 0 bridgehead atoms. The molecule has 0 saturated carbocycles. The van der Waals surface area contributed by atoms with Gasteiger partial charge in [-0.15, -0.1) is 0 Å². The van der Waals surface area contributed by atoms with Crippen LogP contribution in [0.4, 0.5) is 5.69 Å². The lowest BCUT2D eigenvalue weighted by Gasteiger charge is -2.12. The molecule has 6 nitrogen and oxygen atoms in total. The fourth-order valence-corrected chi connectivity index (χ4v) is 3.05. The van der Waals surface area contributed by atoms with E-state index in [1.807, 2.05) is 32.0 Å². The van der Waals surface area contributed by atoms with Crippen LogP contribution in [0, 0.1) is 13.8 Å². The minimum atomic E-state index is -0.754. The Morgan fingerprint density at radius 3 is 2.33 bits per heavy atom. The van der Waals surface area contributed by atoms with Crippen LogP contribution < -0.4 is 20.1 Å². The zero-order valence-corrected chi connectivity index (χ0v) is 16.6. The Balaban J connectivity index is 1.91. The van der Waals surface area contributed by atoms with Crippen LogP contribution in [0.2, 0.25) is 5.02 Å². The minimum Gasteiger partial charge on any atom is -0.493 e. The maximum atomic E-state index is 12.1. The van der Waals surface area contributed by atoms with Gasteiger partial charge in [0, 0.05) is 6.54 Å². The quantitative estimate of drug-likeness (QED) is 0.742. The van der Waals surface area contributed by atoms with E-state index in [0.717, 1.165) is 16.7 Å². The number of carbonyl (C=O) groups is 2. The number of anilines is 1. The summed E-state index contributed by atoms with van der Waals surface area (Å²) < 4.78 is 10.4. The third kappa shape index (κ3) is 5.37. The van der Waals surface area contributed by atoms with E-state index in [4.69, 9.17) is 21.1 Å². The number of carbonyl (C=O) groups excluding carboxylic acids is 2. The summed E-state index contributed by atoms with van der Waals surface area (Å²) in [4.78, 5) is 24.1. The second kappa shape index (κ2) is 9.28. The highest BCUT2D eigenvalue weighted by Gasteiger charge is 2.16. The Kier molecular flexibility index (Phi) is 7.07. The average Bonchev–Trinajstić information content (AvgIpc) is 2.64. The molecule has 0 aliphatic rings. The van der Waals surface area contributed by atoms with Gasteiger partial charge in [-0.05, 0) is 55.2 Å². The summed E-state index contributed by atoms with van der Waals surface area (Å²) in [5.41, 5.74) is 3.18. The van der Waals surface area contributed by atoms with Gasteiger partial charge < -0.3 is 20.1 Å². The maximum absolute atomic E-state index is 12.1. The van der Waals surface area contributed by atoms with Crippen molar-refractivity contribution < 1.29 is 19.1 Å². The molecule has 2 aromatic rings. The number of nitrogens with one attached hydrogen (secondary N) is 2. The van der Waals surface area contributed by atoms with Crippen LogP contribution in [0.15, 0.2) is 30.3 Å². The molecule has 2 amide bonds. The number of halogens is 1. The number of aryl methyl sites for hydroxylation is 2. The molecular formula is C20H23ClN2O4. The van der Waals surface area contributed by atoms with E-state index >= 15 is 0 Å². The van der Waals surface area contributed by atoms with Gasteiger partial charge in [0.05, 0.1) is 24.9 Å². The summed E-state index contributed by atoms with van der Waals surface area (Å²) in [5.74, 6) is -0.221. The molecule has 0 saturated heterocycles. The molecule has 7 heteroatoms. The Morgan fingerprint density at radius 2 is 1.70 bits per heavy atom. The van der Waals surface area contributed by atoms with Gasteiger partial charge in [0.15, 0.2) is 11.5 Å². The van der Waals surface area contributed by atoms with Crippen LogP contribution in [0.25, 0.3) is 0 Å². The molecule has 0 atom stereocenters. The number of methoxy groups -OCH3 is 2. The molecular weight excluding hydrogens is 368 g/mol. The van der Waals surface area contributed by atoms with Gasteiger partial charge in [-0.25, -0.2) is 0 Å². The third-order valence-electron chi connectivity index (χ3n) is 4.02. The van der Waals surface area contributed by atoms with Crippen LogP contribution in [-0.4, -0.2) is 32.6 Å². The van der Waals surface area contributed by atoms with E-state index in [-0.39, 0.29) is 0 Å². The summed E-state index contributed by atoms with van der Waals surface area (Å²) in [7, 11) is 3.13. The monoisotopic (exact) mass is 390 g/mol. The van der Waals surface area contributed by atoms with Crippen molar-refractivity contribution >= 4 is 29.1 Å². The fraction of sp³-hybridized carbons (Fsp3) is 0.300. The first-order valence-corrected chi connectivity index (χ1v) is 8.80. The molecule has 0 aliphatic heterocycles. The number of benzene rings is 2. The van der Waals surface area contributed by atoms with Crippen LogP contribution in [-0.2, 0) is 16.0 Å². The molecule has 2 rings (SSSR count). The first-order valence-electron chi connectivity index (χ1n) is 8.42. The highest BCUT2D eigenvalue weighted by atomic mass is 35.5. The van der Waals surface area contributed by atoms with Gasteiger partial charge in [-0.3, -0.25) is 9.59 Å². The van der Waals surface area contributed by atoms with Crippen molar-refractivity contribution in [2.24, 2.45) is 0 Å². The minimum absolute atomic E-state index is 0.308. The molecule has 144 valence electrons. The largest absolute Gasteiger partial charge is 0.493 e. The molecule has 0 fully saturated rings. The standard InChI is InChI=1S/C20H23ClN2O4/c1-12-9-13(2)18(15(21)10-12)23-20(25)19(24)22-8-7-14-5-6-16(26-3)17(11-14)27-4/h5-6,9-11H,7-8H2,1-4H3,(H,22,24)(H,23,25). The lowest BCUT2D eigenvalue weighted by molar-refractivity contribution is -0.136. The zero-order valence-electron chi connectivity index (χ0n) is 15.8. The smallest absolute Gasteiger partial charge is 0.313 e. The van der Waals surface area contributed by atoms with Crippen molar-refractivity contribution in [2.75, 3.05) is 26.1 Å². The number of hydrogen-bond donors (Lipinski definition) is 2. The molecule has 2 N–H and O–H groups in total. The summed E-state index contributed by atoms with van der Waals surface area (Å²) in [6.45, 7) is 4.04. The number of ether oxygens (including phenoxy) is 2. The van der Waals surface area contributed by atoms with E-state index in [1.165, 1.54) is 0 Å². The highest BCUT2D eigenvalue weighted by Crippen LogP contribution is 2.28. The second-order valence-electron chi connectivity index (χ2n) is 6.09. The van der Waals surface area contributed by atoms with E-state index in [0.29, 0.717) is 35.2 Å². The summed E-state index contributed by atoms with van der Waals surface area (Å²) in [6, 6.07) is 9.13. The van der Waals surface area contributed by atoms with Gasteiger partial charge in [0.25, 0.3) is 0 Å². The van der Waals surface area contributed by atoms with Crippen LogP contribution >= 0.6 is 11.6 Å². The normalized spacial score (nSPS) is 10.3. The molecule has 0 radical (unpaired) electrons. The summed E-state index contributed by atoms with van der Waals surface area (Å²) >= 11 is 6.15. The Hall–Kier alpha value is -2.73. The molecule has 0 spiro atoms. The number of hydrogen-bond acceptors (Lipinski definition) is 4. The molecule has 2 aromatic carbocycles. The fourth-order valence-electron chi connectivity index (χ4n) is 2.68. The lowest BCUT2D eigenvalue weighted by atomic mass is 10.1. The van der Waals surface area contributed by atoms with Crippen LogP contribution in [0.3, 0.4) is 0 Å². The SMILES string of the molecule is COc1ccc(CCNC(=O)C(=O)Nc2c(C)cc(C)cc2Cl)cc1OC. The van der Waals surface area contributed by atoms with Gasteiger partial charge in [0.2, 0.25) is 0 Å². The van der Waals surface area contributed by atoms with Gasteiger partial charge in [-0.2, -0.15) is 0 Å². The predicted octanol–water partition coefficient (Wildman–Crippen LogP) is 3.27. The average molecular weight is 391 g/mol. The van der Waals surface area contributed by atoms with E-state index in [9.17, 15) is 9.59 Å². The highest BCUT2D eigenvalue weighted by molar-refractivity contribution is 6.41. The van der Waals surface area contributed by atoms with Crippen molar-refractivity contribution in [3.05, 3.63) is 52.0 Å². The van der Waals surface area contributed by atoms with E-state index in [2.05, 4.69) is 10.6 Å². The summed E-state index contributed by atoms with van der Waals surface area (Å²) in [5, 5.41) is 5.57. The van der Waals surface area contributed by atoms with Gasteiger partial charge in [0.1, 0.15) is 0 Å². The molecule has 0 aliphatic carbocycles. The molecule has 27 heavy (non-hydrogen) atoms. The second-order valence-corrected chi connectivity index (χ2v) is 6.50. The van der Waals surface area contributed by atoms with Crippen LogP contribution in [0.1, 0.15) is 16.7 Å². The molecule has 0 aromatic heterocycles. The first-order chi connectivity index (χ1) is 12.8. The topological polar surface area (TPSA) is 76.7 Å². The third-order valence-corrected chi connectivity index (χ3v) is 4.32. The molecule has 0 heterocycles. The summed E-state index contributed by atoms with van der Waals surface area (Å²) in [6.07, 6.45) is 0.545. The van der Waals surface area contributed by atoms with Crippen LogP contribution in [0.5, 0.6) is 11.5 Å². The maximum Gasteiger partial charge on any atom is 0.313 e. The predicted molar refractivity (Wildman–Crippen MR) is 106 cm³/mol. The van der Waals surface area contributed by atoms with Gasteiger partial charge in [-0.1, -0.05) is 23.7 Å². The van der Waals surface area contributed by atoms with Crippen molar-refractivity contribution in [1.29, 1.82) is 0 Å². The first kappa shape index (κ1) is 20.6. The van der Waals surface area contributed by atoms with Gasteiger partial charge >= 0.3 is 11.8 Å². The molecule has 0 unspecified atom stereocenters. The number of amides is 2. The Labute approximate surface area is 163 Å². The lowest BCUT2D eigenvalue weighted by Crippen LogP contribution is -2.36. The zero-order chi connectivity index (χ0) is 20.0. The van der Waals surface area contributed by atoms with Crippen molar-refractivity contribution in [1.82, 2.24) is 5.32 Å². The Bertz CT molecular complexity index is 829. The van der Waals surface area contributed by atoms with Crippen molar-refractivity contribution in [2.45, 2.75) is 20.3 Å². The van der Waals surface area contributed by atoms with Crippen molar-refractivity contribution in [3.8, 4) is 11.5 Å².